The van der Waals surface area contributed by atoms with Gasteiger partial charge >= 0.3 is 0 Å². The van der Waals surface area contributed by atoms with Gasteiger partial charge in [0.2, 0.25) is 11.8 Å². The minimum absolute atomic E-state index is 0.0344. The summed E-state index contributed by atoms with van der Waals surface area (Å²) in [4.78, 5) is 29.4. The summed E-state index contributed by atoms with van der Waals surface area (Å²) in [5, 5.41) is 2.94. The summed E-state index contributed by atoms with van der Waals surface area (Å²) in [6.45, 7) is 9.16. The summed E-state index contributed by atoms with van der Waals surface area (Å²) in [5.74, 6) is 0.651. The molecule has 1 unspecified atom stereocenters. The lowest BCUT2D eigenvalue weighted by atomic mass is 10.1. The maximum atomic E-state index is 11.8. The van der Waals surface area contributed by atoms with E-state index >= 15 is 0 Å². The number of hydrogen-bond donors (Lipinski definition) is 1. The predicted molar refractivity (Wildman–Crippen MR) is 90.8 cm³/mol. The molecule has 0 aromatic carbocycles. The van der Waals surface area contributed by atoms with Crippen LogP contribution >= 0.6 is 0 Å². The molecule has 23 heavy (non-hydrogen) atoms. The first kappa shape index (κ1) is 19.2. The Morgan fingerprint density at radius 1 is 1.26 bits per heavy atom. The molecule has 2 amide bonds. The van der Waals surface area contributed by atoms with E-state index in [1.54, 1.807) is 11.1 Å². The number of carbonyl (C=O) groups is 2. The quantitative estimate of drug-likeness (QED) is 0.678. The first-order chi connectivity index (χ1) is 11.1. The van der Waals surface area contributed by atoms with Gasteiger partial charge in [0.05, 0.1) is 6.33 Å². The highest BCUT2D eigenvalue weighted by Gasteiger charge is 2.10. The Morgan fingerprint density at radius 2 is 2.00 bits per heavy atom. The molecular formula is C17H30N4O2. The topological polar surface area (TPSA) is 67.2 Å². The van der Waals surface area contributed by atoms with Crippen molar-refractivity contribution in [3.05, 3.63) is 18.7 Å². The Hall–Kier alpha value is -1.85. The second-order valence-electron chi connectivity index (χ2n) is 5.92. The number of imidazole rings is 1. The van der Waals surface area contributed by atoms with Crippen LogP contribution < -0.4 is 5.32 Å². The lowest BCUT2D eigenvalue weighted by Crippen LogP contribution is -2.31. The van der Waals surface area contributed by atoms with Gasteiger partial charge in [-0.3, -0.25) is 9.59 Å². The van der Waals surface area contributed by atoms with Gasteiger partial charge in [-0.05, 0) is 32.6 Å². The zero-order chi connectivity index (χ0) is 17.1. The monoisotopic (exact) mass is 322 g/mol. The molecular weight excluding hydrogens is 292 g/mol. The maximum absolute atomic E-state index is 11.8. The SMILES string of the molecule is CCN(CC)C(=O)CCCC(=O)NCCC(C)Cn1ccnc1. The van der Waals surface area contributed by atoms with Crippen molar-refractivity contribution >= 4 is 11.8 Å². The predicted octanol–water partition coefficient (Wildman–Crippen LogP) is 2.06. The Morgan fingerprint density at radius 3 is 2.61 bits per heavy atom. The van der Waals surface area contributed by atoms with Crippen LogP contribution in [0.15, 0.2) is 18.7 Å². The molecule has 1 aromatic rings. The van der Waals surface area contributed by atoms with Crippen LogP contribution in [0, 0.1) is 5.92 Å². The van der Waals surface area contributed by atoms with Gasteiger partial charge in [0.15, 0.2) is 0 Å². The molecule has 0 aliphatic heterocycles. The number of aromatic nitrogens is 2. The fourth-order valence-electron chi connectivity index (χ4n) is 2.53. The molecule has 6 heteroatoms. The van der Waals surface area contributed by atoms with Gasteiger partial charge in [0, 0.05) is 51.4 Å². The first-order valence-corrected chi connectivity index (χ1v) is 8.57. The summed E-state index contributed by atoms with van der Waals surface area (Å²) >= 11 is 0. The minimum Gasteiger partial charge on any atom is -0.356 e. The molecule has 1 rings (SSSR count). The molecule has 0 bridgehead atoms. The Kier molecular flexibility index (Phi) is 9.02. The van der Waals surface area contributed by atoms with E-state index in [4.69, 9.17) is 0 Å². The van der Waals surface area contributed by atoms with E-state index in [0.717, 1.165) is 26.1 Å². The first-order valence-electron chi connectivity index (χ1n) is 8.57. The van der Waals surface area contributed by atoms with E-state index in [2.05, 4.69) is 17.2 Å². The van der Waals surface area contributed by atoms with E-state index < -0.39 is 0 Å². The molecule has 0 radical (unpaired) electrons. The van der Waals surface area contributed by atoms with E-state index in [9.17, 15) is 9.59 Å². The summed E-state index contributed by atoms with van der Waals surface area (Å²) in [6.07, 6.45) is 7.95. The van der Waals surface area contributed by atoms with Crippen molar-refractivity contribution in [2.75, 3.05) is 19.6 Å². The fraction of sp³-hybridized carbons (Fsp3) is 0.706. The smallest absolute Gasteiger partial charge is 0.222 e. The van der Waals surface area contributed by atoms with Gasteiger partial charge in [-0.25, -0.2) is 4.98 Å². The molecule has 0 aliphatic rings. The molecule has 0 aliphatic carbocycles. The second-order valence-corrected chi connectivity index (χ2v) is 5.92. The van der Waals surface area contributed by atoms with Gasteiger partial charge < -0.3 is 14.8 Å². The number of hydrogen-bond acceptors (Lipinski definition) is 3. The molecule has 1 heterocycles. The zero-order valence-electron chi connectivity index (χ0n) is 14.6. The van der Waals surface area contributed by atoms with Crippen molar-refractivity contribution in [1.82, 2.24) is 19.8 Å². The van der Waals surface area contributed by atoms with E-state index in [-0.39, 0.29) is 11.8 Å². The molecule has 0 spiro atoms. The van der Waals surface area contributed by atoms with Crippen LogP contribution in [-0.4, -0.2) is 45.9 Å². The fourth-order valence-corrected chi connectivity index (χ4v) is 2.53. The molecule has 1 atom stereocenters. The van der Waals surface area contributed by atoms with Crippen LogP contribution in [0.5, 0.6) is 0 Å². The van der Waals surface area contributed by atoms with Crippen molar-refractivity contribution < 1.29 is 9.59 Å². The van der Waals surface area contributed by atoms with Crippen molar-refractivity contribution in [3.8, 4) is 0 Å². The lowest BCUT2D eigenvalue weighted by molar-refractivity contribution is -0.131. The van der Waals surface area contributed by atoms with Crippen LogP contribution in [0.3, 0.4) is 0 Å². The third-order valence-electron chi connectivity index (χ3n) is 3.95. The number of nitrogens with zero attached hydrogens (tertiary/aromatic N) is 3. The lowest BCUT2D eigenvalue weighted by Gasteiger charge is -2.18. The number of amides is 2. The van der Waals surface area contributed by atoms with Gasteiger partial charge in [-0.1, -0.05) is 6.92 Å². The van der Waals surface area contributed by atoms with Crippen LogP contribution in [0.2, 0.25) is 0 Å². The highest BCUT2D eigenvalue weighted by Crippen LogP contribution is 2.05. The average Bonchev–Trinajstić information content (AvgIpc) is 3.01. The normalized spacial score (nSPS) is 12.0. The number of rotatable bonds is 11. The Labute approximate surface area is 139 Å². The van der Waals surface area contributed by atoms with E-state index in [0.29, 0.717) is 31.7 Å². The Bertz CT molecular complexity index is 455. The Balaban J connectivity index is 2.09. The minimum atomic E-state index is 0.0344. The second kappa shape index (κ2) is 10.8. The van der Waals surface area contributed by atoms with Crippen molar-refractivity contribution in [3.63, 3.8) is 0 Å². The molecule has 0 saturated carbocycles. The van der Waals surface area contributed by atoms with Crippen molar-refractivity contribution in [1.29, 1.82) is 0 Å². The highest BCUT2D eigenvalue weighted by atomic mass is 16.2. The van der Waals surface area contributed by atoms with Crippen LogP contribution in [-0.2, 0) is 16.1 Å². The summed E-state index contributed by atoms with van der Waals surface area (Å²) in [7, 11) is 0. The van der Waals surface area contributed by atoms with Gasteiger partial charge in [-0.2, -0.15) is 0 Å². The maximum Gasteiger partial charge on any atom is 0.222 e. The van der Waals surface area contributed by atoms with Gasteiger partial charge in [0.25, 0.3) is 0 Å². The summed E-state index contributed by atoms with van der Waals surface area (Å²) in [5.41, 5.74) is 0. The number of carbonyl (C=O) groups excluding carboxylic acids is 2. The van der Waals surface area contributed by atoms with Crippen molar-refractivity contribution in [2.24, 2.45) is 5.92 Å². The third kappa shape index (κ3) is 7.81. The van der Waals surface area contributed by atoms with Gasteiger partial charge in [-0.15, -0.1) is 0 Å². The van der Waals surface area contributed by atoms with E-state index in [1.165, 1.54) is 0 Å². The molecule has 0 fully saturated rings. The summed E-state index contributed by atoms with van der Waals surface area (Å²) in [6, 6.07) is 0. The average molecular weight is 322 g/mol. The van der Waals surface area contributed by atoms with Crippen LogP contribution in [0.4, 0.5) is 0 Å². The molecule has 6 nitrogen and oxygen atoms in total. The van der Waals surface area contributed by atoms with Gasteiger partial charge in [0.1, 0.15) is 0 Å². The van der Waals surface area contributed by atoms with Crippen molar-refractivity contribution in [2.45, 2.75) is 53.0 Å². The number of nitrogens with one attached hydrogen (secondary N) is 1. The highest BCUT2D eigenvalue weighted by molar-refractivity contribution is 5.78. The van der Waals surface area contributed by atoms with Crippen LogP contribution in [0.1, 0.15) is 46.5 Å². The zero-order valence-corrected chi connectivity index (χ0v) is 14.6. The molecule has 0 saturated heterocycles. The third-order valence-corrected chi connectivity index (χ3v) is 3.95. The van der Waals surface area contributed by atoms with E-state index in [1.807, 2.05) is 30.9 Å². The standard InChI is InChI=1S/C17H30N4O2/c1-4-21(5-2)17(23)8-6-7-16(22)19-10-9-15(3)13-20-12-11-18-14-20/h11-12,14-15H,4-10,13H2,1-3H3,(H,19,22). The molecule has 1 aromatic heterocycles. The largest absolute Gasteiger partial charge is 0.356 e. The van der Waals surface area contributed by atoms with Crippen LogP contribution in [0.25, 0.3) is 0 Å². The molecule has 1 N–H and O–H groups in total. The molecule has 130 valence electrons. The summed E-state index contributed by atoms with van der Waals surface area (Å²) < 4.78 is 2.05.